The van der Waals surface area contributed by atoms with Crippen molar-refractivity contribution in [1.82, 2.24) is 0 Å². The van der Waals surface area contributed by atoms with Gasteiger partial charge in [0, 0.05) is 22.9 Å². The van der Waals surface area contributed by atoms with Crippen LogP contribution < -0.4 is 9.57 Å². The molecule has 0 aliphatic heterocycles. The molecule has 28 heavy (non-hydrogen) atoms. The van der Waals surface area contributed by atoms with Gasteiger partial charge in [0.15, 0.2) is 0 Å². The maximum atomic E-state index is 10.5. The lowest BCUT2D eigenvalue weighted by molar-refractivity contribution is -0.886. The lowest BCUT2D eigenvalue weighted by Gasteiger charge is -2.09. The maximum absolute atomic E-state index is 10.5. The predicted octanol–water partition coefficient (Wildman–Crippen LogP) is 2.81. The number of pyridine rings is 1. The van der Waals surface area contributed by atoms with E-state index in [1.54, 1.807) is 11.8 Å². The summed E-state index contributed by atoms with van der Waals surface area (Å²) in [6, 6.07) is 19.8. The fourth-order valence-corrected chi connectivity index (χ4v) is 3.07. The molecule has 0 fully saturated rings. The first-order valence-corrected chi connectivity index (χ1v) is 9.76. The molecule has 1 N–H and O–H groups in total. The number of phenolic OH excluding ortho intramolecular Hbond substituents is 1. The molecule has 0 radical (unpaired) electrons. The average Bonchev–Trinajstić information content (AvgIpc) is 2.69. The number of hydrogen-bond acceptors (Lipinski definition) is 5. The number of hydrogen-bond donors (Lipinski definition) is 1. The van der Waals surface area contributed by atoms with Gasteiger partial charge in [-0.2, -0.15) is 0 Å². The average molecular weight is 399 g/mol. The molecule has 0 saturated heterocycles. The van der Waals surface area contributed by atoms with Crippen molar-refractivity contribution in [3.63, 3.8) is 0 Å². The topological polar surface area (TPSA) is 90.5 Å². The molecular weight excluding hydrogens is 378 g/mol. The van der Waals surface area contributed by atoms with Gasteiger partial charge in [-0.3, -0.25) is 4.84 Å². The zero-order valence-corrected chi connectivity index (χ0v) is 16.3. The zero-order chi connectivity index (χ0) is 20.6. The van der Waals surface area contributed by atoms with Crippen LogP contribution in [-0.2, 0) is 10.1 Å². The first-order chi connectivity index (χ1) is 13.3. The van der Waals surface area contributed by atoms with Crippen LogP contribution in [-0.4, -0.2) is 25.2 Å². The van der Waals surface area contributed by atoms with Crippen LogP contribution in [0.5, 0.6) is 5.75 Å². The van der Waals surface area contributed by atoms with E-state index in [9.17, 15) is 13.0 Å². The van der Waals surface area contributed by atoms with Crippen LogP contribution in [0.3, 0.4) is 0 Å². The lowest BCUT2D eigenvalue weighted by Crippen LogP contribution is -2.42. The smallest absolute Gasteiger partial charge is 0.257 e. The molecule has 0 saturated carbocycles. The van der Waals surface area contributed by atoms with Crippen molar-refractivity contribution >= 4 is 22.3 Å². The van der Waals surface area contributed by atoms with Crippen molar-refractivity contribution < 1.29 is 27.6 Å². The van der Waals surface area contributed by atoms with Crippen molar-refractivity contribution in [1.29, 1.82) is 0 Å². The molecule has 0 aliphatic carbocycles. The van der Waals surface area contributed by atoms with Gasteiger partial charge in [0.05, 0.1) is 4.90 Å². The summed E-state index contributed by atoms with van der Waals surface area (Å²) in [4.78, 5) is 4.83. The highest BCUT2D eigenvalue weighted by Crippen LogP contribution is 2.19. The van der Waals surface area contributed by atoms with Crippen molar-refractivity contribution in [3.8, 4) is 5.75 Å². The minimum Gasteiger partial charge on any atom is -0.744 e. The largest absolute Gasteiger partial charge is 0.744 e. The number of phenols is 1. The van der Waals surface area contributed by atoms with Crippen LogP contribution in [0.2, 0.25) is 0 Å². The molecule has 0 bridgehead atoms. The van der Waals surface area contributed by atoms with Gasteiger partial charge in [-0.15, -0.1) is 0 Å². The van der Waals surface area contributed by atoms with Crippen LogP contribution in [0.1, 0.15) is 16.8 Å². The fraction of sp³-hybridized carbons (Fsp3) is 0.0952. The summed E-state index contributed by atoms with van der Waals surface area (Å²) in [5, 5.41) is 8.90. The Kier molecular flexibility index (Phi) is 7.31. The normalized spacial score (nSPS) is 11.0. The van der Waals surface area contributed by atoms with E-state index in [4.69, 9.17) is 9.94 Å². The highest BCUT2D eigenvalue weighted by atomic mass is 32.2. The summed E-state index contributed by atoms with van der Waals surface area (Å²) in [7, 11) is -2.81. The Labute approximate surface area is 164 Å². The van der Waals surface area contributed by atoms with E-state index < -0.39 is 10.1 Å². The van der Waals surface area contributed by atoms with E-state index in [2.05, 4.69) is 18.2 Å². The van der Waals surface area contributed by atoms with Crippen LogP contribution in [0.4, 0.5) is 0 Å². The van der Waals surface area contributed by atoms with Crippen molar-refractivity contribution in [2.24, 2.45) is 0 Å². The van der Waals surface area contributed by atoms with Gasteiger partial charge in [0.2, 0.25) is 6.20 Å². The van der Waals surface area contributed by atoms with Gasteiger partial charge in [-0.1, -0.05) is 36.4 Å². The van der Waals surface area contributed by atoms with E-state index in [0.717, 1.165) is 11.8 Å². The molecule has 2 aromatic carbocycles. The van der Waals surface area contributed by atoms with Gasteiger partial charge in [-0.25, -0.2) is 8.42 Å². The maximum Gasteiger partial charge on any atom is 0.257 e. The zero-order valence-electron chi connectivity index (χ0n) is 15.5. The van der Waals surface area contributed by atoms with Gasteiger partial charge in [0.25, 0.3) is 5.69 Å². The van der Waals surface area contributed by atoms with Crippen LogP contribution in [0.25, 0.3) is 12.2 Å². The summed E-state index contributed by atoms with van der Waals surface area (Å²) in [6.45, 7) is 1.49. The first kappa shape index (κ1) is 21.1. The third-order valence-corrected chi connectivity index (χ3v) is 4.72. The Morgan fingerprint density at radius 2 is 1.68 bits per heavy atom. The highest BCUT2D eigenvalue weighted by Gasteiger charge is 2.06. The summed E-state index contributed by atoms with van der Waals surface area (Å²) in [5.74, 6) is -0.227. The minimum absolute atomic E-state index is 0.227. The van der Waals surface area contributed by atoms with E-state index in [1.807, 2.05) is 48.7 Å². The standard InChI is InChI=1S/C14H14NO.C7H8O4S/c1-16-15-12-6-5-9-14(15)11-10-13-7-3-2-4-8-13;1-5-2-3-6(8)4-7(5)12(9,10)11/h2-12H,1H3;2-4,8H,1H3,(H,9,10,11)/q+1;/p-1. The molecule has 146 valence electrons. The minimum atomic E-state index is -4.47. The fourth-order valence-electron chi connectivity index (χ4n) is 2.34. The molecule has 7 heteroatoms. The second-order valence-corrected chi connectivity index (χ2v) is 7.13. The Bertz CT molecular complexity index is 1050. The molecule has 3 rings (SSSR count). The van der Waals surface area contributed by atoms with Gasteiger partial charge < -0.3 is 9.66 Å². The third kappa shape index (κ3) is 6.22. The second kappa shape index (κ2) is 9.68. The molecule has 1 aromatic heterocycles. The summed E-state index contributed by atoms with van der Waals surface area (Å²) in [6.07, 6.45) is 5.97. The van der Waals surface area contributed by atoms with Crippen LogP contribution >= 0.6 is 0 Å². The van der Waals surface area contributed by atoms with Crippen molar-refractivity contribution in [2.75, 3.05) is 7.11 Å². The highest BCUT2D eigenvalue weighted by molar-refractivity contribution is 7.85. The number of aromatic nitrogens is 1. The molecule has 0 atom stereocenters. The van der Waals surface area contributed by atoms with Gasteiger partial charge in [-0.05, 0) is 42.3 Å². The van der Waals surface area contributed by atoms with E-state index >= 15 is 0 Å². The number of aromatic hydroxyl groups is 1. The Morgan fingerprint density at radius 3 is 2.29 bits per heavy atom. The van der Waals surface area contributed by atoms with E-state index in [-0.39, 0.29) is 10.6 Å². The molecule has 1 heterocycles. The van der Waals surface area contributed by atoms with E-state index in [0.29, 0.717) is 5.56 Å². The molecule has 0 amide bonds. The molecule has 0 aliphatic rings. The summed E-state index contributed by atoms with van der Waals surface area (Å²) in [5.41, 5.74) is 2.52. The Morgan fingerprint density at radius 1 is 1.00 bits per heavy atom. The van der Waals surface area contributed by atoms with Gasteiger partial charge in [0.1, 0.15) is 23.0 Å². The molecular formula is C21H21NO5S. The SMILES string of the molecule is CO[n+]1ccccc1C=Cc1ccccc1.Cc1ccc(O)cc1S(=O)(=O)[O-]. The van der Waals surface area contributed by atoms with Crippen LogP contribution in [0.15, 0.2) is 77.8 Å². The number of benzene rings is 2. The quantitative estimate of drug-likeness (QED) is 0.538. The lowest BCUT2D eigenvalue weighted by atomic mass is 10.2. The molecule has 6 nitrogen and oxygen atoms in total. The van der Waals surface area contributed by atoms with Crippen molar-refractivity contribution in [2.45, 2.75) is 11.8 Å². The summed E-state index contributed by atoms with van der Waals surface area (Å²) < 4.78 is 33.3. The molecule has 3 aromatic rings. The molecule has 0 unspecified atom stereocenters. The second-order valence-electron chi connectivity index (χ2n) is 5.78. The number of aryl methyl sites for hydroxylation is 1. The summed E-state index contributed by atoms with van der Waals surface area (Å²) >= 11 is 0. The number of rotatable bonds is 4. The van der Waals surface area contributed by atoms with Crippen molar-refractivity contribution in [3.05, 3.63) is 89.7 Å². The predicted molar refractivity (Wildman–Crippen MR) is 105 cm³/mol. The van der Waals surface area contributed by atoms with Crippen LogP contribution in [0, 0.1) is 6.92 Å². The van der Waals surface area contributed by atoms with Gasteiger partial charge >= 0.3 is 0 Å². The molecule has 0 spiro atoms. The monoisotopic (exact) mass is 399 g/mol. The van der Waals surface area contributed by atoms with E-state index in [1.165, 1.54) is 24.6 Å². The Hall–Kier alpha value is -3.16. The Balaban J connectivity index is 0.000000209. The first-order valence-electron chi connectivity index (χ1n) is 8.35. The third-order valence-electron chi connectivity index (χ3n) is 3.74. The number of nitrogens with zero attached hydrogens (tertiary/aromatic N) is 1.